The summed E-state index contributed by atoms with van der Waals surface area (Å²) in [5.41, 5.74) is 5.58. The van der Waals surface area contributed by atoms with Crippen LogP contribution in [-0.2, 0) is 0 Å². The van der Waals surface area contributed by atoms with E-state index in [0.717, 1.165) is 0 Å². The molecule has 1 aromatic carbocycles. The van der Waals surface area contributed by atoms with Gasteiger partial charge in [-0.2, -0.15) is 0 Å². The largest absolute Gasteiger partial charge is 0.330 e. The molecule has 0 fully saturated rings. The molecule has 2 nitrogen and oxygen atoms in total. The summed E-state index contributed by atoms with van der Waals surface area (Å²) in [7, 11) is 0. The second kappa shape index (κ2) is 4.48. The van der Waals surface area contributed by atoms with E-state index in [9.17, 15) is 9.18 Å². The Morgan fingerprint density at radius 1 is 1.46 bits per heavy atom. The molecule has 0 amide bonds. The van der Waals surface area contributed by atoms with Crippen molar-refractivity contribution in [2.45, 2.75) is 6.42 Å². The van der Waals surface area contributed by atoms with E-state index in [4.69, 9.17) is 5.73 Å². The van der Waals surface area contributed by atoms with Gasteiger partial charge in [-0.3, -0.25) is 4.79 Å². The number of carbonyl (C=O) groups is 1. The molecule has 2 N–H and O–H groups in total. The monoisotopic (exact) mass is 245 g/mol. The van der Waals surface area contributed by atoms with E-state index in [0.29, 0.717) is 10.0 Å². The van der Waals surface area contributed by atoms with Crippen molar-refractivity contribution in [1.29, 1.82) is 0 Å². The second-order valence-corrected chi connectivity index (χ2v) is 3.54. The lowest BCUT2D eigenvalue weighted by Crippen LogP contribution is -2.08. The molecule has 4 heteroatoms. The van der Waals surface area contributed by atoms with Gasteiger partial charge in [0.1, 0.15) is 5.82 Å². The van der Waals surface area contributed by atoms with Gasteiger partial charge in [0.2, 0.25) is 0 Å². The number of halogens is 2. The Morgan fingerprint density at radius 2 is 2.15 bits per heavy atom. The molecule has 0 saturated heterocycles. The summed E-state index contributed by atoms with van der Waals surface area (Å²) in [5.74, 6) is -0.558. The summed E-state index contributed by atoms with van der Waals surface area (Å²) >= 11 is 3.11. The third-order valence-electron chi connectivity index (χ3n) is 1.56. The number of carbonyl (C=O) groups excluding carboxylic acids is 1. The lowest BCUT2D eigenvalue weighted by Gasteiger charge is -2.00. The molecule has 13 heavy (non-hydrogen) atoms. The van der Waals surface area contributed by atoms with Crippen LogP contribution in [-0.4, -0.2) is 12.3 Å². The van der Waals surface area contributed by atoms with E-state index in [1.54, 1.807) is 6.07 Å². The first-order valence-corrected chi connectivity index (χ1v) is 4.62. The maximum Gasteiger partial charge on any atom is 0.164 e. The fourth-order valence-electron chi connectivity index (χ4n) is 0.990. The Kier molecular flexibility index (Phi) is 3.57. The fraction of sp³-hybridized carbons (Fsp3) is 0.222. The van der Waals surface area contributed by atoms with Gasteiger partial charge in [0.25, 0.3) is 0 Å². The first-order chi connectivity index (χ1) is 6.13. The first kappa shape index (κ1) is 10.3. The van der Waals surface area contributed by atoms with Crippen molar-refractivity contribution in [3.8, 4) is 0 Å². The highest BCUT2D eigenvalue weighted by atomic mass is 79.9. The summed E-state index contributed by atoms with van der Waals surface area (Å²) in [6.07, 6.45) is 0.246. The summed E-state index contributed by atoms with van der Waals surface area (Å²) < 4.78 is 13.4. The molecule has 0 heterocycles. The van der Waals surface area contributed by atoms with Crippen molar-refractivity contribution in [3.05, 3.63) is 34.1 Å². The maximum absolute atomic E-state index is 12.8. The van der Waals surface area contributed by atoms with Crippen LogP contribution in [0.5, 0.6) is 0 Å². The van der Waals surface area contributed by atoms with Gasteiger partial charge in [0.15, 0.2) is 5.78 Å². The van der Waals surface area contributed by atoms with Crippen LogP contribution >= 0.6 is 15.9 Å². The second-order valence-electron chi connectivity index (χ2n) is 2.62. The summed E-state index contributed by atoms with van der Waals surface area (Å²) in [6, 6.07) is 4.10. The van der Waals surface area contributed by atoms with Gasteiger partial charge in [-0.1, -0.05) is 15.9 Å². The molecule has 0 aliphatic carbocycles. The molecule has 0 bridgehead atoms. The molecule has 0 radical (unpaired) electrons. The average Bonchev–Trinajstić information content (AvgIpc) is 2.03. The Hall–Kier alpha value is -0.740. The van der Waals surface area contributed by atoms with Crippen molar-refractivity contribution in [2.75, 3.05) is 6.54 Å². The van der Waals surface area contributed by atoms with Gasteiger partial charge >= 0.3 is 0 Å². The number of rotatable bonds is 3. The van der Waals surface area contributed by atoms with Gasteiger partial charge in [-0.25, -0.2) is 4.39 Å². The SMILES string of the molecule is NCCC(=O)c1cc(F)cc(Br)c1. The molecular formula is C9H9BrFNO. The molecule has 0 saturated carbocycles. The lowest BCUT2D eigenvalue weighted by atomic mass is 10.1. The van der Waals surface area contributed by atoms with Crippen LogP contribution in [0.25, 0.3) is 0 Å². The standard InChI is InChI=1S/C9H9BrFNO/c10-7-3-6(4-8(11)5-7)9(13)1-2-12/h3-5H,1-2,12H2. The third-order valence-corrected chi connectivity index (χ3v) is 2.01. The maximum atomic E-state index is 12.8. The van der Waals surface area contributed by atoms with Gasteiger partial charge in [0.05, 0.1) is 0 Å². The third kappa shape index (κ3) is 2.90. The molecular weight excluding hydrogens is 237 g/mol. The topological polar surface area (TPSA) is 43.1 Å². The smallest absolute Gasteiger partial charge is 0.164 e. The van der Waals surface area contributed by atoms with Gasteiger partial charge in [-0.05, 0) is 24.7 Å². The minimum atomic E-state index is -0.422. The molecule has 0 aliphatic rings. The Balaban J connectivity index is 2.94. The highest BCUT2D eigenvalue weighted by Gasteiger charge is 2.06. The minimum absolute atomic E-state index is 0.136. The zero-order chi connectivity index (χ0) is 9.84. The van der Waals surface area contributed by atoms with Gasteiger partial charge in [0, 0.05) is 16.5 Å². The zero-order valence-electron chi connectivity index (χ0n) is 6.89. The number of ketones is 1. The van der Waals surface area contributed by atoms with E-state index in [2.05, 4.69) is 15.9 Å². The van der Waals surface area contributed by atoms with E-state index in [1.165, 1.54) is 12.1 Å². The molecule has 0 aromatic heterocycles. The van der Waals surface area contributed by atoms with Crippen LogP contribution in [0.15, 0.2) is 22.7 Å². The summed E-state index contributed by atoms with van der Waals surface area (Å²) in [4.78, 5) is 11.3. The van der Waals surface area contributed by atoms with Crippen molar-refractivity contribution in [1.82, 2.24) is 0 Å². The Morgan fingerprint density at radius 3 is 2.69 bits per heavy atom. The van der Waals surface area contributed by atoms with Crippen molar-refractivity contribution < 1.29 is 9.18 Å². The molecule has 0 spiro atoms. The van der Waals surface area contributed by atoms with Crippen molar-refractivity contribution in [3.63, 3.8) is 0 Å². The van der Waals surface area contributed by atoms with Gasteiger partial charge in [-0.15, -0.1) is 0 Å². The highest BCUT2D eigenvalue weighted by Crippen LogP contribution is 2.15. The van der Waals surface area contributed by atoms with Crippen LogP contribution in [0.1, 0.15) is 16.8 Å². The van der Waals surface area contributed by atoms with E-state index in [1.807, 2.05) is 0 Å². The van der Waals surface area contributed by atoms with Crippen LogP contribution in [0.3, 0.4) is 0 Å². The molecule has 0 unspecified atom stereocenters. The highest BCUT2D eigenvalue weighted by molar-refractivity contribution is 9.10. The van der Waals surface area contributed by atoms with Crippen molar-refractivity contribution >= 4 is 21.7 Å². The summed E-state index contributed by atoms with van der Waals surface area (Å²) in [6.45, 7) is 0.285. The first-order valence-electron chi connectivity index (χ1n) is 3.83. The summed E-state index contributed by atoms with van der Waals surface area (Å²) in [5, 5.41) is 0. The van der Waals surface area contributed by atoms with Crippen LogP contribution in [0.2, 0.25) is 0 Å². The van der Waals surface area contributed by atoms with E-state index >= 15 is 0 Å². The van der Waals surface area contributed by atoms with E-state index < -0.39 is 5.82 Å². The van der Waals surface area contributed by atoms with Crippen LogP contribution < -0.4 is 5.73 Å². The number of benzene rings is 1. The van der Waals surface area contributed by atoms with Crippen LogP contribution in [0, 0.1) is 5.82 Å². The molecule has 1 aromatic rings. The predicted octanol–water partition coefficient (Wildman–Crippen LogP) is 2.12. The zero-order valence-corrected chi connectivity index (χ0v) is 8.47. The molecule has 70 valence electrons. The van der Waals surface area contributed by atoms with Gasteiger partial charge < -0.3 is 5.73 Å². The quantitative estimate of drug-likeness (QED) is 0.830. The molecule has 0 aliphatic heterocycles. The Bertz CT molecular complexity index is 307. The number of nitrogens with two attached hydrogens (primary N) is 1. The average molecular weight is 246 g/mol. The van der Waals surface area contributed by atoms with E-state index in [-0.39, 0.29) is 18.7 Å². The number of hydrogen-bond donors (Lipinski definition) is 1. The molecule has 0 atom stereocenters. The molecule has 1 rings (SSSR count). The lowest BCUT2D eigenvalue weighted by molar-refractivity contribution is 0.0985. The number of hydrogen-bond acceptors (Lipinski definition) is 2. The fourth-order valence-corrected chi connectivity index (χ4v) is 1.46. The van der Waals surface area contributed by atoms with Crippen molar-refractivity contribution in [2.24, 2.45) is 5.73 Å². The van der Waals surface area contributed by atoms with Crippen LogP contribution in [0.4, 0.5) is 4.39 Å². The minimum Gasteiger partial charge on any atom is -0.330 e. The Labute approximate surface area is 84.1 Å². The normalized spacial score (nSPS) is 10.1. The number of Topliss-reactive ketones (excluding diaryl/α,β-unsaturated/α-hetero) is 1. The predicted molar refractivity (Wildman–Crippen MR) is 52.1 cm³/mol.